The van der Waals surface area contributed by atoms with Crippen molar-refractivity contribution in [3.8, 4) is 5.75 Å². The smallest absolute Gasteiger partial charge is 0.161 e. The van der Waals surface area contributed by atoms with E-state index in [1.807, 2.05) is 19.2 Å². The summed E-state index contributed by atoms with van der Waals surface area (Å²) in [5.41, 5.74) is 8.01. The summed E-state index contributed by atoms with van der Waals surface area (Å²) in [6.45, 7) is 0. The summed E-state index contributed by atoms with van der Waals surface area (Å²) in [6.07, 6.45) is 5.10. The van der Waals surface area contributed by atoms with Crippen LogP contribution in [0.2, 0.25) is 0 Å². The number of ether oxygens (including phenoxy) is 1. The van der Waals surface area contributed by atoms with Gasteiger partial charge < -0.3 is 10.5 Å². The summed E-state index contributed by atoms with van der Waals surface area (Å²) < 4.78 is 6.96. The Labute approximate surface area is 93.9 Å². The minimum atomic E-state index is -0.259. The molecule has 1 atom stereocenters. The Morgan fingerprint density at radius 1 is 1.38 bits per heavy atom. The maximum absolute atomic E-state index is 6.17. The van der Waals surface area contributed by atoms with Crippen molar-refractivity contribution < 1.29 is 4.74 Å². The van der Waals surface area contributed by atoms with E-state index >= 15 is 0 Å². The molecule has 2 N–H and O–H groups in total. The molecule has 1 unspecified atom stereocenters. The van der Waals surface area contributed by atoms with Crippen LogP contribution >= 0.6 is 0 Å². The van der Waals surface area contributed by atoms with Crippen LogP contribution in [-0.2, 0) is 7.05 Å². The number of nitrogens with two attached hydrogens (primary N) is 1. The molecule has 2 aromatic rings. The quantitative estimate of drug-likeness (QED) is 0.830. The van der Waals surface area contributed by atoms with E-state index in [-0.39, 0.29) is 6.04 Å². The van der Waals surface area contributed by atoms with Crippen LogP contribution in [0.25, 0.3) is 0 Å². The van der Waals surface area contributed by atoms with Crippen molar-refractivity contribution in [2.24, 2.45) is 12.8 Å². The van der Waals surface area contributed by atoms with Crippen LogP contribution in [0.5, 0.6) is 5.75 Å². The average Bonchev–Trinajstić information content (AvgIpc) is 2.70. The highest BCUT2D eigenvalue weighted by molar-refractivity contribution is 5.34. The molecule has 5 nitrogen and oxygen atoms in total. The molecule has 0 saturated carbocycles. The van der Waals surface area contributed by atoms with E-state index in [0.717, 1.165) is 11.3 Å². The van der Waals surface area contributed by atoms with E-state index in [1.54, 1.807) is 30.4 Å². The zero-order chi connectivity index (χ0) is 11.5. The summed E-state index contributed by atoms with van der Waals surface area (Å²) >= 11 is 0. The van der Waals surface area contributed by atoms with Crippen LogP contribution in [0, 0.1) is 0 Å². The van der Waals surface area contributed by atoms with Gasteiger partial charge in [-0.15, -0.1) is 0 Å². The van der Waals surface area contributed by atoms with Crippen molar-refractivity contribution in [3.63, 3.8) is 0 Å². The van der Waals surface area contributed by atoms with Crippen molar-refractivity contribution in [2.45, 2.75) is 6.04 Å². The minimum absolute atomic E-state index is 0.259. The molecule has 0 bridgehead atoms. The third kappa shape index (κ3) is 1.77. The summed E-state index contributed by atoms with van der Waals surface area (Å²) in [6, 6.07) is 3.51. The molecule has 0 amide bonds. The normalized spacial score (nSPS) is 12.4. The Kier molecular flexibility index (Phi) is 2.87. The first-order valence-corrected chi connectivity index (χ1v) is 4.95. The third-order valence-corrected chi connectivity index (χ3v) is 2.53. The van der Waals surface area contributed by atoms with Gasteiger partial charge in [-0.3, -0.25) is 9.67 Å². The molecular formula is C11H14N4O. The first kappa shape index (κ1) is 10.6. The first-order valence-electron chi connectivity index (χ1n) is 4.95. The van der Waals surface area contributed by atoms with Gasteiger partial charge in [0.15, 0.2) is 5.75 Å². The average molecular weight is 218 g/mol. The van der Waals surface area contributed by atoms with Gasteiger partial charge in [-0.25, -0.2) is 0 Å². The molecule has 5 heteroatoms. The van der Waals surface area contributed by atoms with Crippen molar-refractivity contribution in [1.29, 1.82) is 0 Å². The molecular weight excluding hydrogens is 204 g/mol. The van der Waals surface area contributed by atoms with Crippen LogP contribution < -0.4 is 10.5 Å². The Morgan fingerprint density at radius 3 is 2.69 bits per heavy atom. The van der Waals surface area contributed by atoms with Gasteiger partial charge in [0.05, 0.1) is 19.3 Å². The zero-order valence-electron chi connectivity index (χ0n) is 9.29. The lowest BCUT2D eigenvalue weighted by atomic mass is 10.1. The number of nitrogens with zero attached hydrogens (tertiary/aromatic N) is 3. The number of pyridine rings is 1. The molecule has 0 saturated heterocycles. The lowest BCUT2D eigenvalue weighted by Crippen LogP contribution is -2.16. The molecule has 2 rings (SSSR count). The second kappa shape index (κ2) is 4.32. The maximum Gasteiger partial charge on any atom is 0.161 e. The fraction of sp³-hybridized carbons (Fsp3) is 0.273. The van der Waals surface area contributed by atoms with Crippen LogP contribution in [0.15, 0.2) is 30.7 Å². The van der Waals surface area contributed by atoms with E-state index in [4.69, 9.17) is 10.5 Å². The Balaban J connectivity index is 2.41. The third-order valence-electron chi connectivity index (χ3n) is 2.53. The highest BCUT2D eigenvalue weighted by atomic mass is 16.5. The molecule has 0 aliphatic heterocycles. The van der Waals surface area contributed by atoms with Crippen molar-refractivity contribution >= 4 is 0 Å². The summed E-state index contributed by atoms with van der Waals surface area (Å²) in [4.78, 5) is 3.96. The maximum atomic E-state index is 6.17. The van der Waals surface area contributed by atoms with Gasteiger partial charge in [-0.2, -0.15) is 5.10 Å². The van der Waals surface area contributed by atoms with E-state index in [9.17, 15) is 0 Å². The van der Waals surface area contributed by atoms with Gasteiger partial charge in [0, 0.05) is 19.4 Å². The van der Waals surface area contributed by atoms with Crippen LogP contribution in [0.4, 0.5) is 0 Å². The highest BCUT2D eigenvalue weighted by Crippen LogP contribution is 2.26. The van der Waals surface area contributed by atoms with E-state index in [0.29, 0.717) is 5.75 Å². The largest absolute Gasteiger partial charge is 0.493 e. The minimum Gasteiger partial charge on any atom is -0.493 e. The van der Waals surface area contributed by atoms with Crippen LogP contribution in [-0.4, -0.2) is 21.9 Å². The summed E-state index contributed by atoms with van der Waals surface area (Å²) in [7, 11) is 3.46. The van der Waals surface area contributed by atoms with Crippen molar-refractivity contribution in [2.75, 3.05) is 7.11 Å². The molecule has 0 aromatic carbocycles. The Bertz CT molecular complexity index is 466. The predicted octanol–water partition coefficient (Wildman–Crippen LogP) is 0.872. The molecule has 16 heavy (non-hydrogen) atoms. The van der Waals surface area contributed by atoms with Crippen LogP contribution in [0.1, 0.15) is 17.3 Å². The lowest BCUT2D eigenvalue weighted by molar-refractivity contribution is 0.406. The van der Waals surface area contributed by atoms with Gasteiger partial charge in [0.2, 0.25) is 0 Å². The molecule has 2 heterocycles. The Hall–Kier alpha value is -1.88. The molecule has 0 fully saturated rings. The van der Waals surface area contributed by atoms with E-state index < -0.39 is 0 Å². The molecule has 0 spiro atoms. The number of aromatic nitrogens is 3. The van der Waals surface area contributed by atoms with Gasteiger partial charge >= 0.3 is 0 Å². The second-order valence-corrected chi connectivity index (χ2v) is 3.48. The first-order chi connectivity index (χ1) is 7.74. The summed E-state index contributed by atoms with van der Waals surface area (Å²) in [5.74, 6) is 0.701. The summed E-state index contributed by atoms with van der Waals surface area (Å²) in [5, 5.41) is 4.13. The van der Waals surface area contributed by atoms with E-state index in [1.165, 1.54) is 0 Å². The SMILES string of the molecule is COc1cnn(C)c1C(N)c1ccncc1. The monoisotopic (exact) mass is 218 g/mol. The lowest BCUT2D eigenvalue weighted by Gasteiger charge is -2.13. The second-order valence-electron chi connectivity index (χ2n) is 3.48. The molecule has 0 radical (unpaired) electrons. The Morgan fingerprint density at radius 2 is 2.06 bits per heavy atom. The molecule has 0 aliphatic carbocycles. The van der Waals surface area contributed by atoms with Crippen molar-refractivity contribution in [1.82, 2.24) is 14.8 Å². The van der Waals surface area contributed by atoms with Gasteiger partial charge in [0.1, 0.15) is 5.69 Å². The molecule has 2 aromatic heterocycles. The fourth-order valence-electron chi connectivity index (χ4n) is 1.67. The van der Waals surface area contributed by atoms with Gasteiger partial charge in [-0.05, 0) is 17.7 Å². The zero-order valence-corrected chi connectivity index (χ0v) is 9.29. The number of aryl methyl sites for hydroxylation is 1. The van der Waals surface area contributed by atoms with Crippen LogP contribution in [0.3, 0.4) is 0 Å². The fourth-order valence-corrected chi connectivity index (χ4v) is 1.67. The highest BCUT2D eigenvalue weighted by Gasteiger charge is 2.18. The number of methoxy groups -OCH3 is 1. The topological polar surface area (TPSA) is 66.0 Å². The van der Waals surface area contributed by atoms with Crippen molar-refractivity contribution in [3.05, 3.63) is 42.0 Å². The van der Waals surface area contributed by atoms with Gasteiger partial charge in [-0.1, -0.05) is 0 Å². The molecule has 0 aliphatic rings. The number of rotatable bonds is 3. The number of hydrogen-bond donors (Lipinski definition) is 1. The van der Waals surface area contributed by atoms with E-state index in [2.05, 4.69) is 10.1 Å². The van der Waals surface area contributed by atoms with Gasteiger partial charge in [0.25, 0.3) is 0 Å². The number of hydrogen-bond acceptors (Lipinski definition) is 4. The molecule has 84 valence electrons. The standard InChI is InChI=1S/C11H14N4O/c1-15-11(9(16-2)7-14-15)10(12)8-3-5-13-6-4-8/h3-7,10H,12H2,1-2H3. The predicted molar refractivity (Wildman–Crippen MR) is 60.0 cm³/mol.